The standard InChI is InChI=1S/C11H22N2O/c1-10-8-12-11(14-9-10)4-7-13-5-2-3-6-13/h10-12H,2-9H2,1H3. The third kappa shape index (κ3) is 2.94. The summed E-state index contributed by atoms with van der Waals surface area (Å²) >= 11 is 0. The number of likely N-dealkylation sites (tertiary alicyclic amines) is 1. The quantitative estimate of drug-likeness (QED) is 0.733. The molecular weight excluding hydrogens is 176 g/mol. The van der Waals surface area contributed by atoms with Gasteiger partial charge in [0.1, 0.15) is 6.23 Å². The summed E-state index contributed by atoms with van der Waals surface area (Å²) in [7, 11) is 0. The topological polar surface area (TPSA) is 24.5 Å². The lowest BCUT2D eigenvalue weighted by Crippen LogP contribution is -2.44. The molecule has 2 saturated heterocycles. The lowest BCUT2D eigenvalue weighted by atomic mass is 10.1. The molecule has 0 aliphatic carbocycles. The van der Waals surface area contributed by atoms with Crippen molar-refractivity contribution in [2.45, 2.75) is 32.4 Å². The van der Waals surface area contributed by atoms with Gasteiger partial charge in [-0.15, -0.1) is 0 Å². The van der Waals surface area contributed by atoms with Crippen LogP contribution in [-0.2, 0) is 4.74 Å². The van der Waals surface area contributed by atoms with E-state index in [0.717, 1.165) is 19.6 Å². The van der Waals surface area contributed by atoms with E-state index in [4.69, 9.17) is 4.74 Å². The van der Waals surface area contributed by atoms with Gasteiger partial charge in [0.2, 0.25) is 0 Å². The van der Waals surface area contributed by atoms with Gasteiger partial charge in [-0.05, 0) is 38.3 Å². The van der Waals surface area contributed by atoms with Gasteiger partial charge in [-0.1, -0.05) is 6.92 Å². The van der Waals surface area contributed by atoms with Crippen molar-refractivity contribution >= 4 is 0 Å². The molecule has 2 aliphatic heterocycles. The van der Waals surface area contributed by atoms with E-state index in [9.17, 15) is 0 Å². The van der Waals surface area contributed by atoms with Crippen LogP contribution in [0.1, 0.15) is 26.2 Å². The monoisotopic (exact) mass is 198 g/mol. The van der Waals surface area contributed by atoms with Crippen molar-refractivity contribution in [3.05, 3.63) is 0 Å². The first-order chi connectivity index (χ1) is 6.84. The largest absolute Gasteiger partial charge is 0.363 e. The lowest BCUT2D eigenvalue weighted by Gasteiger charge is -2.29. The number of ether oxygens (including phenoxy) is 1. The van der Waals surface area contributed by atoms with Crippen molar-refractivity contribution in [1.29, 1.82) is 0 Å². The van der Waals surface area contributed by atoms with E-state index < -0.39 is 0 Å². The van der Waals surface area contributed by atoms with Crippen molar-refractivity contribution in [3.63, 3.8) is 0 Å². The number of nitrogens with zero attached hydrogens (tertiary/aromatic N) is 1. The van der Waals surface area contributed by atoms with Crippen LogP contribution in [0.5, 0.6) is 0 Å². The van der Waals surface area contributed by atoms with Crippen LogP contribution < -0.4 is 5.32 Å². The van der Waals surface area contributed by atoms with Crippen molar-refractivity contribution in [3.8, 4) is 0 Å². The fourth-order valence-electron chi connectivity index (χ4n) is 2.22. The predicted molar refractivity (Wildman–Crippen MR) is 57.2 cm³/mol. The first-order valence-electron chi connectivity index (χ1n) is 5.92. The van der Waals surface area contributed by atoms with Crippen LogP contribution in [0.2, 0.25) is 0 Å². The summed E-state index contributed by atoms with van der Waals surface area (Å²) in [6.07, 6.45) is 4.23. The van der Waals surface area contributed by atoms with Crippen molar-refractivity contribution in [2.75, 3.05) is 32.8 Å². The van der Waals surface area contributed by atoms with Gasteiger partial charge < -0.3 is 9.64 Å². The van der Waals surface area contributed by atoms with Gasteiger partial charge in [0, 0.05) is 13.1 Å². The Kier molecular flexibility index (Phi) is 3.79. The maximum Gasteiger partial charge on any atom is 0.109 e. The summed E-state index contributed by atoms with van der Waals surface area (Å²) in [6.45, 7) is 8.06. The van der Waals surface area contributed by atoms with E-state index >= 15 is 0 Å². The highest BCUT2D eigenvalue weighted by molar-refractivity contribution is 4.71. The molecule has 14 heavy (non-hydrogen) atoms. The molecule has 1 N–H and O–H groups in total. The Morgan fingerprint density at radius 1 is 1.36 bits per heavy atom. The van der Waals surface area contributed by atoms with Gasteiger partial charge >= 0.3 is 0 Å². The van der Waals surface area contributed by atoms with Crippen molar-refractivity contribution in [1.82, 2.24) is 10.2 Å². The number of hydrogen-bond donors (Lipinski definition) is 1. The summed E-state index contributed by atoms with van der Waals surface area (Å²) in [4.78, 5) is 2.54. The third-order valence-electron chi connectivity index (χ3n) is 3.18. The molecule has 0 spiro atoms. The molecule has 2 fully saturated rings. The molecule has 0 radical (unpaired) electrons. The number of hydrogen-bond acceptors (Lipinski definition) is 3. The van der Waals surface area contributed by atoms with Crippen LogP contribution in [0, 0.1) is 5.92 Å². The molecule has 82 valence electrons. The van der Waals surface area contributed by atoms with Crippen LogP contribution in [0.4, 0.5) is 0 Å². The summed E-state index contributed by atoms with van der Waals surface area (Å²) in [5.41, 5.74) is 0. The smallest absolute Gasteiger partial charge is 0.109 e. The number of nitrogens with one attached hydrogen (secondary N) is 1. The maximum atomic E-state index is 5.71. The van der Waals surface area contributed by atoms with Gasteiger partial charge in [-0.3, -0.25) is 5.32 Å². The van der Waals surface area contributed by atoms with Gasteiger partial charge in [0.15, 0.2) is 0 Å². The Balaban J connectivity index is 1.60. The second kappa shape index (κ2) is 5.10. The predicted octanol–water partition coefficient (Wildman–Crippen LogP) is 1.05. The van der Waals surface area contributed by atoms with E-state index in [1.165, 1.54) is 32.5 Å². The average molecular weight is 198 g/mol. The van der Waals surface area contributed by atoms with Gasteiger partial charge in [-0.25, -0.2) is 0 Å². The van der Waals surface area contributed by atoms with Crippen LogP contribution in [0.3, 0.4) is 0 Å². The highest BCUT2D eigenvalue weighted by atomic mass is 16.5. The molecule has 0 aromatic carbocycles. The second-order valence-electron chi connectivity index (χ2n) is 4.67. The normalized spacial score (nSPS) is 34.9. The Bertz CT molecular complexity index is 161. The molecular formula is C11H22N2O. The zero-order valence-corrected chi connectivity index (χ0v) is 9.17. The molecule has 2 aliphatic rings. The van der Waals surface area contributed by atoms with E-state index in [1.54, 1.807) is 0 Å². The Morgan fingerprint density at radius 3 is 2.79 bits per heavy atom. The molecule has 2 unspecified atom stereocenters. The molecule has 3 nitrogen and oxygen atoms in total. The number of rotatable bonds is 3. The minimum atomic E-state index is 0.312. The Hall–Kier alpha value is -0.120. The Morgan fingerprint density at radius 2 is 2.14 bits per heavy atom. The highest BCUT2D eigenvalue weighted by Crippen LogP contribution is 2.11. The highest BCUT2D eigenvalue weighted by Gasteiger charge is 2.19. The average Bonchev–Trinajstić information content (AvgIpc) is 2.70. The van der Waals surface area contributed by atoms with Gasteiger partial charge in [-0.2, -0.15) is 0 Å². The molecule has 3 heteroatoms. The zero-order chi connectivity index (χ0) is 9.80. The van der Waals surface area contributed by atoms with E-state index in [2.05, 4.69) is 17.1 Å². The van der Waals surface area contributed by atoms with Crippen molar-refractivity contribution < 1.29 is 4.74 Å². The second-order valence-corrected chi connectivity index (χ2v) is 4.67. The van der Waals surface area contributed by atoms with Gasteiger partial charge in [0.25, 0.3) is 0 Å². The van der Waals surface area contributed by atoms with Crippen LogP contribution >= 0.6 is 0 Å². The molecule has 0 saturated carbocycles. The lowest BCUT2D eigenvalue weighted by molar-refractivity contribution is -0.0311. The summed E-state index contributed by atoms with van der Waals surface area (Å²) in [5, 5.41) is 3.44. The van der Waals surface area contributed by atoms with Crippen LogP contribution in [0.15, 0.2) is 0 Å². The summed E-state index contributed by atoms with van der Waals surface area (Å²) in [6, 6.07) is 0. The molecule has 0 aromatic heterocycles. The van der Waals surface area contributed by atoms with Crippen LogP contribution in [0.25, 0.3) is 0 Å². The van der Waals surface area contributed by atoms with E-state index in [0.29, 0.717) is 12.1 Å². The fourth-order valence-corrected chi connectivity index (χ4v) is 2.22. The minimum absolute atomic E-state index is 0.312. The molecule has 2 heterocycles. The summed E-state index contributed by atoms with van der Waals surface area (Å²) in [5.74, 6) is 0.679. The van der Waals surface area contributed by atoms with Crippen molar-refractivity contribution in [2.24, 2.45) is 5.92 Å². The van der Waals surface area contributed by atoms with E-state index in [1.807, 2.05) is 0 Å². The molecule has 2 atom stereocenters. The fraction of sp³-hybridized carbons (Fsp3) is 1.00. The first kappa shape index (κ1) is 10.4. The van der Waals surface area contributed by atoms with Crippen LogP contribution in [-0.4, -0.2) is 43.9 Å². The minimum Gasteiger partial charge on any atom is -0.363 e. The van der Waals surface area contributed by atoms with Gasteiger partial charge in [0.05, 0.1) is 6.61 Å². The Labute approximate surface area is 86.8 Å². The molecule has 0 amide bonds. The third-order valence-corrected chi connectivity index (χ3v) is 3.18. The molecule has 0 aromatic rings. The first-order valence-corrected chi connectivity index (χ1v) is 5.92. The molecule has 0 bridgehead atoms. The zero-order valence-electron chi connectivity index (χ0n) is 9.17. The summed E-state index contributed by atoms with van der Waals surface area (Å²) < 4.78 is 5.71. The maximum absolute atomic E-state index is 5.71. The van der Waals surface area contributed by atoms with E-state index in [-0.39, 0.29) is 0 Å². The molecule has 2 rings (SSSR count). The SMILES string of the molecule is CC1CNC(CCN2CCCC2)OC1.